The number of nitrogens with zero attached hydrogens (tertiary/aromatic N) is 6. The number of hydrogen-bond donors (Lipinski definition) is 0. The number of benzene rings is 1. The van der Waals surface area contributed by atoms with Crippen molar-refractivity contribution in [2.75, 3.05) is 19.6 Å². The molecule has 2 aromatic heterocycles. The van der Waals surface area contributed by atoms with Gasteiger partial charge in [-0.1, -0.05) is 30.3 Å². The fraction of sp³-hybridized carbons (Fsp3) is 0.440. The number of aromatic nitrogens is 4. The van der Waals surface area contributed by atoms with Crippen molar-refractivity contribution in [1.29, 1.82) is 0 Å². The third-order valence-corrected chi connectivity index (χ3v) is 6.63. The number of piperidine rings is 1. The van der Waals surface area contributed by atoms with Crippen molar-refractivity contribution in [2.24, 2.45) is 0 Å². The summed E-state index contributed by atoms with van der Waals surface area (Å²) in [4.78, 5) is 21.3. The summed E-state index contributed by atoms with van der Waals surface area (Å²) in [5.74, 6) is 2.61. The number of aryl methyl sites for hydroxylation is 1. The first-order valence-electron chi connectivity index (χ1n) is 11.6. The van der Waals surface area contributed by atoms with Crippen LogP contribution in [-0.4, -0.2) is 55.1 Å². The molecule has 7 nitrogen and oxygen atoms in total. The Balaban J connectivity index is 1.20. The molecule has 0 spiro atoms. The van der Waals surface area contributed by atoms with Crippen LogP contribution >= 0.6 is 0 Å². The first kappa shape index (κ1) is 20.8. The molecule has 1 unspecified atom stereocenters. The van der Waals surface area contributed by atoms with Crippen LogP contribution < -0.4 is 0 Å². The molecular weight excluding hydrogens is 400 g/mol. The molecular formula is C25H30N6O. The highest BCUT2D eigenvalue weighted by molar-refractivity contribution is 5.76. The van der Waals surface area contributed by atoms with E-state index in [9.17, 15) is 4.79 Å². The molecule has 0 radical (unpaired) electrons. The maximum absolute atomic E-state index is 12.8. The van der Waals surface area contributed by atoms with E-state index in [0.717, 1.165) is 57.2 Å². The van der Waals surface area contributed by atoms with Crippen LogP contribution in [0.2, 0.25) is 0 Å². The van der Waals surface area contributed by atoms with Crippen LogP contribution in [0.1, 0.15) is 48.0 Å². The largest absolute Gasteiger partial charge is 0.333 e. The standard InChI is InChI=1S/C25H30N6O/c32-24(9-8-20-5-2-1-3-6-20)30-15-16-31-23(19-30)27-28-25(31)22-7-4-14-29(18-22)17-21-10-12-26-13-11-21/h1-3,5-6,10-13,22H,4,7-9,14-19H2. The zero-order valence-electron chi connectivity index (χ0n) is 18.4. The number of pyridine rings is 1. The normalized spacial score (nSPS) is 19.0. The Labute approximate surface area is 189 Å². The zero-order chi connectivity index (χ0) is 21.8. The molecule has 32 heavy (non-hydrogen) atoms. The molecule has 1 saturated heterocycles. The molecule has 7 heteroatoms. The Hall–Kier alpha value is -3.06. The Morgan fingerprint density at radius 2 is 1.81 bits per heavy atom. The Bertz CT molecular complexity index is 1040. The maximum atomic E-state index is 12.8. The minimum absolute atomic E-state index is 0.200. The Kier molecular flexibility index (Phi) is 6.25. The molecule has 4 heterocycles. The van der Waals surface area contributed by atoms with Gasteiger partial charge in [0.05, 0.1) is 6.54 Å². The van der Waals surface area contributed by atoms with Gasteiger partial charge in [-0.25, -0.2) is 0 Å². The minimum atomic E-state index is 0.200. The van der Waals surface area contributed by atoms with Crippen LogP contribution in [0.4, 0.5) is 0 Å². The predicted molar refractivity (Wildman–Crippen MR) is 122 cm³/mol. The number of hydrogen-bond acceptors (Lipinski definition) is 5. The minimum Gasteiger partial charge on any atom is -0.333 e. The van der Waals surface area contributed by atoms with Gasteiger partial charge in [0.2, 0.25) is 5.91 Å². The second kappa shape index (κ2) is 9.61. The average molecular weight is 431 g/mol. The van der Waals surface area contributed by atoms with Crippen molar-refractivity contribution < 1.29 is 4.79 Å². The van der Waals surface area contributed by atoms with Crippen LogP contribution in [-0.2, 0) is 30.8 Å². The van der Waals surface area contributed by atoms with Crippen LogP contribution in [0.25, 0.3) is 0 Å². The van der Waals surface area contributed by atoms with Crippen molar-refractivity contribution in [3.8, 4) is 0 Å². The van der Waals surface area contributed by atoms with Crippen LogP contribution in [0.3, 0.4) is 0 Å². The lowest BCUT2D eigenvalue weighted by atomic mass is 9.96. The number of fused-ring (bicyclic) bond motifs is 1. The van der Waals surface area contributed by atoms with E-state index < -0.39 is 0 Å². The summed E-state index contributed by atoms with van der Waals surface area (Å²) in [6.45, 7) is 5.15. The highest BCUT2D eigenvalue weighted by Gasteiger charge is 2.30. The molecule has 1 amide bonds. The van der Waals surface area contributed by atoms with E-state index in [-0.39, 0.29) is 5.91 Å². The monoisotopic (exact) mass is 430 g/mol. The van der Waals surface area contributed by atoms with E-state index in [0.29, 0.717) is 18.9 Å². The molecule has 5 rings (SSSR count). The molecule has 0 bridgehead atoms. The second-order valence-electron chi connectivity index (χ2n) is 8.86. The summed E-state index contributed by atoms with van der Waals surface area (Å²) in [6.07, 6.45) is 7.35. The SMILES string of the molecule is O=C(CCc1ccccc1)N1CCn2c(nnc2C2CCCN(Cc3ccncc3)C2)C1. The van der Waals surface area contributed by atoms with Gasteiger partial charge in [0.25, 0.3) is 0 Å². The molecule has 0 saturated carbocycles. The van der Waals surface area contributed by atoms with Gasteiger partial charge in [-0.15, -0.1) is 10.2 Å². The van der Waals surface area contributed by atoms with E-state index in [1.807, 2.05) is 35.5 Å². The maximum Gasteiger partial charge on any atom is 0.223 e. The molecule has 0 N–H and O–H groups in total. The number of carbonyl (C=O) groups is 1. The summed E-state index contributed by atoms with van der Waals surface area (Å²) in [5, 5.41) is 9.07. The van der Waals surface area contributed by atoms with Crippen molar-refractivity contribution >= 4 is 5.91 Å². The third kappa shape index (κ3) is 4.72. The fourth-order valence-corrected chi connectivity index (χ4v) is 4.91. The lowest BCUT2D eigenvalue weighted by molar-refractivity contribution is -0.132. The van der Waals surface area contributed by atoms with Gasteiger partial charge in [0.15, 0.2) is 5.82 Å². The lowest BCUT2D eigenvalue weighted by Crippen LogP contribution is -2.40. The van der Waals surface area contributed by atoms with E-state index in [2.05, 4.69) is 48.9 Å². The lowest BCUT2D eigenvalue weighted by Gasteiger charge is -2.33. The molecule has 0 aliphatic carbocycles. The van der Waals surface area contributed by atoms with Gasteiger partial charge in [-0.3, -0.25) is 14.7 Å². The first-order chi connectivity index (χ1) is 15.8. The molecule has 1 atom stereocenters. The topological polar surface area (TPSA) is 67.2 Å². The molecule has 2 aliphatic rings. The first-order valence-corrected chi connectivity index (χ1v) is 11.6. The third-order valence-electron chi connectivity index (χ3n) is 6.63. The average Bonchev–Trinajstić information content (AvgIpc) is 3.27. The Morgan fingerprint density at radius 3 is 2.66 bits per heavy atom. The van der Waals surface area contributed by atoms with Gasteiger partial charge >= 0.3 is 0 Å². The smallest absolute Gasteiger partial charge is 0.223 e. The van der Waals surface area contributed by atoms with Crippen LogP contribution in [0, 0.1) is 0 Å². The quantitative estimate of drug-likeness (QED) is 0.601. The van der Waals surface area contributed by atoms with Crippen molar-refractivity contribution in [1.82, 2.24) is 29.5 Å². The highest BCUT2D eigenvalue weighted by Crippen LogP contribution is 2.28. The van der Waals surface area contributed by atoms with E-state index in [4.69, 9.17) is 0 Å². The van der Waals surface area contributed by atoms with Gasteiger partial charge in [-0.05, 0) is 49.1 Å². The van der Waals surface area contributed by atoms with E-state index in [1.54, 1.807) is 0 Å². The number of amides is 1. The van der Waals surface area contributed by atoms with Gasteiger partial charge < -0.3 is 9.47 Å². The zero-order valence-corrected chi connectivity index (χ0v) is 18.4. The van der Waals surface area contributed by atoms with Gasteiger partial charge in [0, 0.05) is 50.9 Å². The second-order valence-corrected chi connectivity index (χ2v) is 8.86. The molecule has 166 valence electrons. The highest BCUT2D eigenvalue weighted by atomic mass is 16.2. The molecule has 1 fully saturated rings. The van der Waals surface area contributed by atoms with Crippen molar-refractivity contribution in [2.45, 2.75) is 51.2 Å². The summed E-state index contributed by atoms with van der Waals surface area (Å²) in [5.41, 5.74) is 2.51. The molecule has 3 aromatic rings. The Morgan fingerprint density at radius 1 is 0.969 bits per heavy atom. The molecule has 2 aliphatic heterocycles. The van der Waals surface area contributed by atoms with Crippen molar-refractivity contribution in [3.05, 3.63) is 77.6 Å². The van der Waals surface area contributed by atoms with Crippen LogP contribution in [0.5, 0.6) is 0 Å². The summed E-state index contributed by atoms with van der Waals surface area (Å²) >= 11 is 0. The summed E-state index contributed by atoms with van der Waals surface area (Å²) in [7, 11) is 0. The van der Waals surface area contributed by atoms with Crippen LogP contribution in [0.15, 0.2) is 54.9 Å². The predicted octanol–water partition coefficient (Wildman–Crippen LogP) is 3.03. The summed E-state index contributed by atoms with van der Waals surface area (Å²) < 4.78 is 2.27. The van der Waals surface area contributed by atoms with E-state index in [1.165, 1.54) is 17.5 Å². The van der Waals surface area contributed by atoms with Gasteiger partial charge in [0.1, 0.15) is 5.82 Å². The number of rotatable bonds is 6. The number of carbonyl (C=O) groups excluding carboxylic acids is 1. The molecule has 1 aromatic carbocycles. The summed E-state index contributed by atoms with van der Waals surface area (Å²) in [6, 6.07) is 14.4. The fourth-order valence-electron chi connectivity index (χ4n) is 4.91. The van der Waals surface area contributed by atoms with E-state index >= 15 is 0 Å². The van der Waals surface area contributed by atoms with Gasteiger partial charge in [-0.2, -0.15) is 0 Å². The number of likely N-dealkylation sites (tertiary alicyclic amines) is 1. The van der Waals surface area contributed by atoms with Crippen molar-refractivity contribution in [3.63, 3.8) is 0 Å².